The van der Waals surface area contributed by atoms with E-state index in [1.54, 1.807) is 6.08 Å². The van der Waals surface area contributed by atoms with Gasteiger partial charge in [0.15, 0.2) is 0 Å². The number of allylic oxidation sites excluding steroid dienone is 7. The molecule has 1 fully saturated rings. The van der Waals surface area contributed by atoms with Gasteiger partial charge in [0, 0.05) is 0 Å². The number of barbiturate groups is 1. The molecule has 0 aromatic carbocycles. The Labute approximate surface area is 97.6 Å². The molecule has 17 heavy (non-hydrogen) atoms. The highest BCUT2D eigenvalue weighted by atomic mass is 16.2. The summed E-state index contributed by atoms with van der Waals surface area (Å²) < 4.78 is 0. The first-order chi connectivity index (χ1) is 8.16. The largest absolute Gasteiger partial charge is 0.328 e. The predicted octanol–water partition coefficient (Wildman–Crippen LogP) is 0.721. The lowest BCUT2D eigenvalue weighted by Crippen LogP contribution is -2.51. The standard InChI is InChI=1S/C12H10N2O3/c15-10-9(11(16)14-12(17)13-10)7-3-6-8-4-1-2-5-8/h1-4,6-7H,5H2,(H2,13,14,15,16,17)/b6-3+. The molecule has 0 saturated carbocycles. The summed E-state index contributed by atoms with van der Waals surface area (Å²) in [7, 11) is 0. The van der Waals surface area contributed by atoms with Crippen LogP contribution in [0.2, 0.25) is 0 Å². The number of imide groups is 2. The van der Waals surface area contributed by atoms with Crippen molar-refractivity contribution in [3.8, 4) is 0 Å². The molecule has 1 saturated heterocycles. The first-order valence-electron chi connectivity index (χ1n) is 5.07. The molecule has 4 amide bonds. The van der Waals surface area contributed by atoms with Gasteiger partial charge in [-0.3, -0.25) is 20.2 Å². The maximum absolute atomic E-state index is 11.3. The molecule has 5 heteroatoms. The van der Waals surface area contributed by atoms with Gasteiger partial charge in [0.25, 0.3) is 11.8 Å². The van der Waals surface area contributed by atoms with E-state index in [2.05, 4.69) is 0 Å². The number of carbonyl (C=O) groups is 3. The van der Waals surface area contributed by atoms with E-state index in [0.717, 1.165) is 12.0 Å². The van der Waals surface area contributed by atoms with Gasteiger partial charge in [0.1, 0.15) is 5.57 Å². The smallest absolute Gasteiger partial charge is 0.273 e. The fourth-order valence-electron chi connectivity index (χ4n) is 1.48. The molecule has 0 radical (unpaired) electrons. The lowest BCUT2D eigenvalue weighted by molar-refractivity contribution is -0.124. The van der Waals surface area contributed by atoms with Gasteiger partial charge in [-0.05, 0) is 18.1 Å². The summed E-state index contributed by atoms with van der Waals surface area (Å²) in [5, 5.41) is 4.00. The van der Waals surface area contributed by atoms with Crippen molar-refractivity contribution in [1.29, 1.82) is 0 Å². The molecule has 1 aliphatic carbocycles. The molecule has 2 N–H and O–H groups in total. The van der Waals surface area contributed by atoms with E-state index in [1.165, 1.54) is 6.08 Å². The van der Waals surface area contributed by atoms with Crippen molar-refractivity contribution >= 4 is 17.8 Å². The lowest BCUT2D eigenvalue weighted by Gasteiger charge is -2.12. The van der Waals surface area contributed by atoms with Crippen molar-refractivity contribution in [3.05, 3.63) is 47.6 Å². The van der Waals surface area contributed by atoms with Crippen molar-refractivity contribution < 1.29 is 14.4 Å². The average Bonchev–Trinajstić information content (AvgIpc) is 2.74. The Morgan fingerprint density at radius 3 is 2.41 bits per heavy atom. The number of carbonyl (C=O) groups excluding carboxylic acids is 3. The summed E-state index contributed by atoms with van der Waals surface area (Å²) in [6, 6.07) is -0.788. The van der Waals surface area contributed by atoms with Crippen LogP contribution in [-0.2, 0) is 9.59 Å². The van der Waals surface area contributed by atoms with Gasteiger partial charge < -0.3 is 0 Å². The van der Waals surface area contributed by atoms with E-state index >= 15 is 0 Å². The Bertz CT molecular complexity index is 488. The molecule has 0 aromatic rings. The molecule has 0 spiro atoms. The summed E-state index contributed by atoms with van der Waals surface area (Å²) in [5.74, 6) is -1.36. The number of hydrogen-bond acceptors (Lipinski definition) is 3. The van der Waals surface area contributed by atoms with Gasteiger partial charge in [0.2, 0.25) is 0 Å². The zero-order valence-electron chi connectivity index (χ0n) is 8.90. The number of urea groups is 1. The van der Waals surface area contributed by atoms with Crippen LogP contribution in [-0.4, -0.2) is 17.8 Å². The van der Waals surface area contributed by atoms with Crippen molar-refractivity contribution in [2.75, 3.05) is 0 Å². The van der Waals surface area contributed by atoms with Crippen LogP contribution in [0.5, 0.6) is 0 Å². The van der Waals surface area contributed by atoms with Crippen LogP contribution >= 0.6 is 0 Å². The first-order valence-corrected chi connectivity index (χ1v) is 5.07. The van der Waals surface area contributed by atoms with Crippen LogP contribution in [0.4, 0.5) is 4.79 Å². The zero-order valence-corrected chi connectivity index (χ0v) is 8.90. The van der Waals surface area contributed by atoms with Crippen LogP contribution in [0.3, 0.4) is 0 Å². The predicted molar refractivity (Wildman–Crippen MR) is 60.7 cm³/mol. The van der Waals surface area contributed by atoms with E-state index in [-0.39, 0.29) is 5.57 Å². The second-order valence-corrected chi connectivity index (χ2v) is 3.55. The molecule has 0 atom stereocenters. The molecule has 86 valence electrons. The molecule has 5 nitrogen and oxygen atoms in total. The fraction of sp³-hybridized carbons (Fsp3) is 0.0833. The molecular formula is C12H10N2O3. The van der Waals surface area contributed by atoms with Crippen LogP contribution < -0.4 is 10.6 Å². The average molecular weight is 230 g/mol. The second-order valence-electron chi connectivity index (χ2n) is 3.55. The van der Waals surface area contributed by atoms with Gasteiger partial charge in [-0.25, -0.2) is 4.79 Å². The Kier molecular flexibility index (Phi) is 3.00. The molecule has 0 bridgehead atoms. The summed E-state index contributed by atoms with van der Waals surface area (Å²) in [6.45, 7) is 0. The number of nitrogens with one attached hydrogen (secondary N) is 2. The van der Waals surface area contributed by atoms with Gasteiger partial charge in [-0.15, -0.1) is 0 Å². The summed E-state index contributed by atoms with van der Waals surface area (Å²) in [6.07, 6.45) is 11.5. The van der Waals surface area contributed by atoms with Crippen LogP contribution in [0.1, 0.15) is 6.42 Å². The Morgan fingerprint density at radius 2 is 1.82 bits per heavy atom. The van der Waals surface area contributed by atoms with E-state index in [4.69, 9.17) is 0 Å². The third kappa shape index (κ3) is 2.57. The first kappa shape index (κ1) is 11.1. The van der Waals surface area contributed by atoms with Gasteiger partial charge in [-0.1, -0.05) is 30.4 Å². The zero-order chi connectivity index (χ0) is 12.3. The third-order valence-corrected chi connectivity index (χ3v) is 2.32. The highest BCUT2D eigenvalue weighted by molar-refractivity contribution is 6.29. The monoisotopic (exact) mass is 230 g/mol. The van der Waals surface area contributed by atoms with E-state index in [9.17, 15) is 14.4 Å². The molecule has 0 aromatic heterocycles. The van der Waals surface area contributed by atoms with Crippen LogP contribution in [0.25, 0.3) is 0 Å². The van der Waals surface area contributed by atoms with Crippen molar-refractivity contribution in [3.63, 3.8) is 0 Å². The molecule has 1 heterocycles. The Balaban J connectivity index is 2.08. The number of amides is 4. The van der Waals surface area contributed by atoms with Crippen LogP contribution in [0, 0.1) is 0 Å². The highest BCUT2D eigenvalue weighted by Gasteiger charge is 2.26. The normalized spacial score (nSPS) is 19.4. The SMILES string of the molecule is O=C1NC(=O)C(=C/C=C/C2=CC=CC2)C(=O)N1. The minimum atomic E-state index is -0.788. The fourth-order valence-corrected chi connectivity index (χ4v) is 1.48. The van der Waals surface area contributed by atoms with E-state index in [1.807, 2.05) is 34.9 Å². The molecular weight excluding hydrogens is 220 g/mol. The number of hydrogen-bond donors (Lipinski definition) is 2. The molecule has 2 rings (SSSR count). The summed E-state index contributed by atoms with van der Waals surface area (Å²) in [5.41, 5.74) is 1.02. The highest BCUT2D eigenvalue weighted by Crippen LogP contribution is 2.11. The van der Waals surface area contributed by atoms with Crippen molar-refractivity contribution in [2.24, 2.45) is 0 Å². The maximum atomic E-state index is 11.3. The van der Waals surface area contributed by atoms with Gasteiger partial charge >= 0.3 is 6.03 Å². The Hall–Kier alpha value is -2.43. The van der Waals surface area contributed by atoms with E-state index < -0.39 is 17.8 Å². The van der Waals surface area contributed by atoms with Crippen molar-refractivity contribution in [1.82, 2.24) is 10.6 Å². The van der Waals surface area contributed by atoms with Crippen LogP contribution in [0.15, 0.2) is 47.6 Å². The second kappa shape index (κ2) is 4.61. The molecule has 2 aliphatic rings. The lowest BCUT2D eigenvalue weighted by atomic mass is 10.1. The quantitative estimate of drug-likeness (QED) is 0.542. The minimum absolute atomic E-state index is 0.0765. The molecule has 1 aliphatic heterocycles. The summed E-state index contributed by atoms with van der Waals surface area (Å²) >= 11 is 0. The number of rotatable bonds is 2. The minimum Gasteiger partial charge on any atom is -0.273 e. The third-order valence-electron chi connectivity index (χ3n) is 2.32. The van der Waals surface area contributed by atoms with Gasteiger partial charge in [0.05, 0.1) is 0 Å². The molecule has 0 unspecified atom stereocenters. The van der Waals surface area contributed by atoms with E-state index in [0.29, 0.717) is 0 Å². The van der Waals surface area contributed by atoms with Crippen molar-refractivity contribution in [2.45, 2.75) is 6.42 Å². The maximum Gasteiger partial charge on any atom is 0.328 e. The topological polar surface area (TPSA) is 75.3 Å². The summed E-state index contributed by atoms with van der Waals surface area (Å²) in [4.78, 5) is 33.4. The Morgan fingerprint density at radius 1 is 1.12 bits per heavy atom. The van der Waals surface area contributed by atoms with Gasteiger partial charge in [-0.2, -0.15) is 0 Å².